The van der Waals surface area contributed by atoms with Crippen LogP contribution in [0.5, 0.6) is 0 Å². The zero-order valence-corrected chi connectivity index (χ0v) is 12.6. The second kappa shape index (κ2) is 7.87. The Morgan fingerprint density at radius 1 is 1.20 bits per heavy atom. The SMILES string of the molecule is COCCSc1ccc(C(C)Nc2ncccn2)cc1. The van der Waals surface area contributed by atoms with Crippen LogP contribution in [0.2, 0.25) is 0 Å². The van der Waals surface area contributed by atoms with E-state index in [2.05, 4.69) is 46.5 Å². The second-order valence-electron chi connectivity index (χ2n) is 4.35. The summed E-state index contributed by atoms with van der Waals surface area (Å²) >= 11 is 1.80. The quantitative estimate of drug-likeness (QED) is 0.625. The molecule has 1 aromatic carbocycles. The normalized spacial score (nSPS) is 12.1. The Balaban J connectivity index is 1.92. The van der Waals surface area contributed by atoms with Gasteiger partial charge in [-0.15, -0.1) is 11.8 Å². The fraction of sp³-hybridized carbons (Fsp3) is 0.333. The molecule has 2 aromatic rings. The highest BCUT2D eigenvalue weighted by atomic mass is 32.2. The van der Waals surface area contributed by atoms with Crippen molar-refractivity contribution in [3.05, 3.63) is 48.3 Å². The minimum atomic E-state index is 0.176. The monoisotopic (exact) mass is 289 g/mol. The summed E-state index contributed by atoms with van der Waals surface area (Å²) in [6, 6.07) is 10.5. The molecule has 5 heteroatoms. The Kier molecular flexibility index (Phi) is 5.83. The molecule has 0 amide bonds. The average molecular weight is 289 g/mol. The van der Waals surface area contributed by atoms with E-state index in [-0.39, 0.29) is 6.04 Å². The number of nitrogens with one attached hydrogen (secondary N) is 1. The molecule has 1 unspecified atom stereocenters. The van der Waals surface area contributed by atoms with Crippen LogP contribution in [0.3, 0.4) is 0 Å². The van der Waals surface area contributed by atoms with Gasteiger partial charge in [-0.2, -0.15) is 0 Å². The molecule has 0 radical (unpaired) electrons. The maximum absolute atomic E-state index is 5.05. The summed E-state index contributed by atoms with van der Waals surface area (Å²) in [4.78, 5) is 9.60. The highest BCUT2D eigenvalue weighted by molar-refractivity contribution is 7.99. The molecule has 0 saturated carbocycles. The Bertz CT molecular complexity index is 504. The Morgan fingerprint density at radius 2 is 1.90 bits per heavy atom. The van der Waals surface area contributed by atoms with Crippen LogP contribution in [0.15, 0.2) is 47.6 Å². The minimum Gasteiger partial charge on any atom is -0.384 e. The first-order valence-corrected chi connectivity index (χ1v) is 7.53. The molecule has 0 fully saturated rings. The first-order valence-electron chi connectivity index (χ1n) is 6.55. The molecule has 1 atom stereocenters. The molecule has 1 aromatic heterocycles. The number of benzene rings is 1. The second-order valence-corrected chi connectivity index (χ2v) is 5.52. The van der Waals surface area contributed by atoms with E-state index in [0.29, 0.717) is 5.95 Å². The number of rotatable bonds is 7. The fourth-order valence-electron chi connectivity index (χ4n) is 1.75. The zero-order chi connectivity index (χ0) is 14.2. The summed E-state index contributed by atoms with van der Waals surface area (Å²) in [6.45, 7) is 2.87. The van der Waals surface area contributed by atoms with Crippen molar-refractivity contribution in [2.45, 2.75) is 17.9 Å². The van der Waals surface area contributed by atoms with Gasteiger partial charge in [0.2, 0.25) is 5.95 Å². The number of methoxy groups -OCH3 is 1. The minimum absolute atomic E-state index is 0.176. The van der Waals surface area contributed by atoms with Gasteiger partial charge in [0, 0.05) is 30.2 Å². The van der Waals surface area contributed by atoms with E-state index in [1.54, 1.807) is 31.3 Å². The van der Waals surface area contributed by atoms with Gasteiger partial charge in [0.05, 0.1) is 12.6 Å². The molecule has 1 heterocycles. The summed E-state index contributed by atoms with van der Waals surface area (Å²) in [6.07, 6.45) is 3.47. The molecule has 1 N–H and O–H groups in total. The molecule has 4 nitrogen and oxygen atoms in total. The van der Waals surface area contributed by atoms with Crippen LogP contribution in [0.4, 0.5) is 5.95 Å². The third-order valence-electron chi connectivity index (χ3n) is 2.85. The van der Waals surface area contributed by atoms with Crippen molar-refractivity contribution >= 4 is 17.7 Å². The standard InChI is InChI=1S/C15H19N3OS/c1-12(18-15-16-8-3-9-17-15)13-4-6-14(7-5-13)20-11-10-19-2/h3-9,12H,10-11H2,1-2H3,(H,16,17,18). The summed E-state index contributed by atoms with van der Waals surface area (Å²) in [5.74, 6) is 1.63. The largest absolute Gasteiger partial charge is 0.384 e. The molecule has 20 heavy (non-hydrogen) atoms. The van der Waals surface area contributed by atoms with Crippen molar-refractivity contribution in [1.29, 1.82) is 0 Å². The molecule has 0 aliphatic rings. The van der Waals surface area contributed by atoms with Gasteiger partial charge in [0.25, 0.3) is 0 Å². The van der Waals surface area contributed by atoms with Crippen molar-refractivity contribution < 1.29 is 4.74 Å². The summed E-state index contributed by atoms with van der Waals surface area (Å²) in [5, 5.41) is 3.28. The number of anilines is 1. The number of nitrogens with zero attached hydrogens (tertiary/aromatic N) is 2. The van der Waals surface area contributed by atoms with Gasteiger partial charge in [0.15, 0.2) is 0 Å². The van der Waals surface area contributed by atoms with E-state index in [1.165, 1.54) is 10.5 Å². The molecular formula is C15H19N3OS. The maximum atomic E-state index is 5.05. The third-order valence-corrected chi connectivity index (χ3v) is 3.82. The van der Waals surface area contributed by atoms with Gasteiger partial charge >= 0.3 is 0 Å². The van der Waals surface area contributed by atoms with Crippen LogP contribution in [0.25, 0.3) is 0 Å². The Labute approximate surface area is 124 Å². The van der Waals surface area contributed by atoms with Gasteiger partial charge in [0.1, 0.15) is 0 Å². The predicted molar refractivity (Wildman–Crippen MR) is 83.1 cm³/mol. The highest BCUT2D eigenvalue weighted by Crippen LogP contribution is 2.22. The molecule has 0 aliphatic carbocycles. The van der Waals surface area contributed by atoms with Crippen LogP contribution in [-0.2, 0) is 4.74 Å². The van der Waals surface area contributed by atoms with Gasteiger partial charge < -0.3 is 10.1 Å². The number of hydrogen-bond donors (Lipinski definition) is 1. The molecule has 0 aliphatic heterocycles. The maximum Gasteiger partial charge on any atom is 0.223 e. The smallest absolute Gasteiger partial charge is 0.223 e. The predicted octanol–water partition coefficient (Wildman–Crippen LogP) is 3.39. The number of thioether (sulfide) groups is 1. The van der Waals surface area contributed by atoms with Crippen LogP contribution in [-0.4, -0.2) is 29.4 Å². The van der Waals surface area contributed by atoms with Gasteiger partial charge in [-0.05, 0) is 30.7 Å². The van der Waals surface area contributed by atoms with Crippen molar-refractivity contribution in [2.24, 2.45) is 0 Å². The van der Waals surface area contributed by atoms with Gasteiger partial charge in [-0.3, -0.25) is 0 Å². The van der Waals surface area contributed by atoms with Crippen molar-refractivity contribution in [3.8, 4) is 0 Å². The van der Waals surface area contributed by atoms with Crippen LogP contribution in [0, 0.1) is 0 Å². The molecular weight excluding hydrogens is 270 g/mol. The van der Waals surface area contributed by atoms with Crippen molar-refractivity contribution in [3.63, 3.8) is 0 Å². The van der Waals surface area contributed by atoms with Gasteiger partial charge in [-0.1, -0.05) is 12.1 Å². The van der Waals surface area contributed by atoms with Gasteiger partial charge in [-0.25, -0.2) is 9.97 Å². The van der Waals surface area contributed by atoms with Crippen LogP contribution < -0.4 is 5.32 Å². The topological polar surface area (TPSA) is 47.0 Å². The van der Waals surface area contributed by atoms with E-state index in [1.807, 2.05) is 6.07 Å². The molecule has 0 bridgehead atoms. The lowest BCUT2D eigenvalue weighted by atomic mass is 10.1. The third kappa shape index (κ3) is 4.51. The first kappa shape index (κ1) is 14.8. The zero-order valence-electron chi connectivity index (χ0n) is 11.7. The number of hydrogen-bond acceptors (Lipinski definition) is 5. The number of aromatic nitrogens is 2. The average Bonchev–Trinajstić information content (AvgIpc) is 2.49. The van der Waals surface area contributed by atoms with E-state index in [0.717, 1.165) is 12.4 Å². The summed E-state index contributed by atoms with van der Waals surface area (Å²) in [5.41, 5.74) is 1.22. The molecule has 106 valence electrons. The van der Waals surface area contributed by atoms with E-state index < -0.39 is 0 Å². The number of ether oxygens (including phenoxy) is 1. The summed E-state index contributed by atoms with van der Waals surface area (Å²) < 4.78 is 5.05. The summed E-state index contributed by atoms with van der Waals surface area (Å²) in [7, 11) is 1.72. The Hall–Kier alpha value is -1.59. The lowest BCUT2D eigenvalue weighted by molar-refractivity contribution is 0.218. The fourth-order valence-corrected chi connectivity index (χ4v) is 2.56. The lowest BCUT2D eigenvalue weighted by Crippen LogP contribution is -2.08. The van der Waals surface area contributed by atoms with Crippen LogP contribution >= 0.6 is 11.8 Å². The van der Waals surface area contributed by atoms with E-state index in [4.69, 9.17) is 4.74 Å². The van der Waals surface area contributed by atoms with E-state index >= 15 is 0 Å². The van der Waals surface area contributed by atoms with Crippen molar-refractivity contribution in [2.75, 3.05) is 24.8 Å². The molecule has 0 saturated heterocycles. The molecule has 0 spiro atoms. The highest BCUT2D eigenvalue weighted by Gasteiger charge is 2.06. The van der Waals surface area contributed by atoms with Crippen LogP contribution in [0.1, 0.15) is 18.5 Å². The van der Waals surface area contributed by atoms with Crippen molar-refractivity contribution in [1.82, 2.24) is 9.97 Å². The molecule has 2 rings (SSSR count). The van der Waals surface area contributed by atoms with E-state index in [9.17, 15) is 0 Å². The lowest BCUT2D eigenvalue weighted by Gasteiger charge is -2.14. The first-order chi connectivity index (χ1) is 9.79. The Morgan fingerprint density at radius 3 is 2.55 bits per heavy atom.